The monoisotopic (exact) mass is 138 g/mol. The number of carbonyl (C=O) groups excluding carboxylic acids is 1. The fourth-order valence-corrected chi connectivity index (χ4v) is 0.466. The zero-order chi connectivity index (χ0) is 9.02. The van der Waals surface area contributed by atoms with Gasteiger partial charge < -0.3 is 4.81 Å². The van der Waals surface area contributed by atoms with Crippen molar-refractivity contribution in [2.75, 3.05) is 6.54 Å². The maximum atomic E-state index is 11.1. The summed E-state index contributed by atoms with van der Waals surface area (Å²) in [6, 6.07) is 0.263. The van der Waals surface area contributed by atoms with Gasteiger partial charge in [0.25, 0.3) is 0 Å². The maximum Gasteiger partial charge on any atom is 0.236 e. The Morgan fingerprint density at radius 1 is 1.90 bits per heavy atom. The normalized spacial score (nSPS) is 13.7. The summed E-state index contributed by atoms with van der Waals surface area (Å²) < 4.78 is 7.16. The lowest BCUT2D eigenvalue weighted by Gasteiger charge is -2.14. The number of rotatable bonds is 2. The van der Waals surface area contributed by atoms with Gasteiger partial charge in [0, 0.05) is 12.1 Å². The number of nitrogens with zero attached hydrogens (tertiary/aromatic N) is 1. The van der Waals surface area contributed by atoms with Crippen LogP contribution in [-0.2, 0) is 4.79 Å². The molecule has 0 spiro atoms. The summed E-state index contributed by atoms with van der Waals surface area (Å²) in [5.74, 6) is -0.278. The summed E-state index contributed by atoms with van der Waals surface area (Å²) in [6.45, 7) is 5.41. The lowest BCUT2D eigenvalue weighted by atomic mass is 10.2. The average Bonchev–Trinajstić information content (AvgIpc) is 2.00. The topological polar surface area (TPSA) is 20.3 Å². The van der Waals surface area contributed by atoms with E-state index in [2.05, 4.69) is 0 Å². The predicted molar refractivity (Wildman–Crippen MR) is 42.6 cm³/mol. The minimum Gasteiger partial charge on any atom is -0.393 e. The minimum atomic E-state index is -0.278. The Kier molecular flexibility index (Phi) is 3.06. The SMILES string of the molecule is [2H]C(C)=C(C)C(=O)N([B])CC. The van der Waals surface area contributed by atoms with E-state index in [-0.39, 0.29) is 12.0 Å². The van der Waals surface area contributed by atoms with E-state index in [1.54, 1.807) is 20.8 Å². The van der Waals surface area contributed by atoms with Crippen LogP contribution in [0.15, 0.2) is 11.6 Å². The molecule has 3 heteroatoms. The molecule has 0 saturated heterocycles. The van der Waals surface area contributed by atoms with Gasteiger partial charge >= 0.3 is 0 Å². The van der Waals surface area contributed by atoms with Gasteiger partial charge in [-0.1, -0.05) is 6.05 Å². The van der Waals surface area contributed by atoms with E-state index in [0.717, 1.165) is 4.81 Å². The van der Waals surface area contributed by atoms with Gasteiger partial charge in [-0.3, -0.25) is 4.79 Å². The largest absolute Gasteiger partial charge is 0.393 e. The van der Waals surface area contributed by atoms with Gasteiger partial charge in [0.1, 0.15) is 0 Å². The van der Waals surface area contributed by atoms with Crippen LogP contribution in [0.5, 0.6) is 0 Å². The van der Waals surface area contributed by atoms with Crippen molar-refractivity contribution in [3.05, 3.63) is 11.6 Å². The molecule has 10 heavy (non-hydrogen) atoms. The zero-order valence-electron chi connectivity index (χ0n) is 7.64. The summed E-state index contributed by atoms with van der Waals surface area (Å²) in [6.07, 6.45) is 0. The van der Waals surface area contributed by atoms with Gasteiger partial charge in [0.2, 0.25) is 13.9 Å². The molecule has 0 N–H and O–H groups in total. The highest BCUT2D eigenvalue weighted by Gasteiger charge is 2.05. The van der Waals surface area contributed by atoms with Crippen LogP contribution in [0.2, 0.25) is 0 Å². The molecule has 0 rings (SSSR count). The number of allylic oxidation sites excluding steroid dienone is 1. The first-order valence-electron chi connectivity index (χ1n) is 3.71. The fourth-order valence-electron chi connectivity index (χ4n) is 0.466. The second-order valence-corrected chi connectivity index (χ2v) is 1.97. The lowest BCUT2D eigenvalue weighted by Crippen LogP contribution is -2.28. The number of likely N-dealkylation sites (N-methyl/N-ethyl adjacent to an activating group) is 1. The molecular weight excluding hydrogens is 125 g/mol. The third kappa shape index (κ3) is 2.25. The molecule has 54 valence electrons. The Labute approximate surface area is 64.7 Å². The number of amides is 1. The van der Waals surface area contributed by atoms with E-state index < -0.39 is 0 Å². The van der Waals surface area contributed by atoms with E-state index >= 15 is 0 Å². The highest BCUT2D eigenvalue weighted by atomic mass is 16.2. The molecule has 0 aliphatic carbocycles. The first-order chi connectivity index (χ1) is 5.00. The van der Waals surface area contributed by atoms with Crippen molar-refractivity contribution < 1.29 is 6.17 Å². The molecule has 0 aromatic rings. The van der Waals surface area contributed by atoms with Crippen molar-refractivity contribution in [3.8, 4) is 0 Å². The first kappa shape index (κ1) is 7.38. The Morgan fingerprint density at radius 3 is 2.70 bits per heavy atom. The third-order valence-corrected chi connectivity index (χ3v) is 1.30. The molecule has 0 saturated carbocycles. The third-order valence-electron chi connectivity index (χ3n) is 1.30. The Balaban J connectivity index is 4.38. The minimum absolute atomic E-state index is 0.263. The van der Waals surface area contributed by atoms with Crippen molar-refractivity contribution in [3.63, 3.8) is 0 Å². The molecular formula is C7H12BNO. The van der Waals surface area contributed by atoms with E-state index in [4.69, 9.17) is 9.35 Å². The highest BCUT2D eigenvalue weighted by molar-refractivity contribution is 6.17. The molecule has 0 aliphatic rings. The van der Waals surface area contributed by atoms with Gasteiger partial charge in [-0.15, -0.1) is 0 Å². The van der Waals surface area contributed by atoms with E-state index in [9.17, 15) is 4.79 Å². The van der Waals surface area contributed by atoms with Crippen LogP contribution >= 0.6 is 0 Å². The predicted octanol–water partition coefficient (Wildman–Crippen LogP) is 0.885. The number of hydrogen-bond donors (Lipinski definition) is 0. The summed E-state index contributed by atoms with van der Waals surface area (Å²) >= 11 is 0. The molecule has 0 aromatic heterocycles. The van der Waals surface area contributed by atoms with Gasteiger partial charge in [0.05, 0.1) is 1.37 Å². The highest BCUT2D eigenvalue weighted by Crippen LogP contribution is 1.96. The molecule has 2 nitrogen and oxygen atoms in total. The van der Waals surface area contributed by atoms with Crippen LogP contribution in [0.3, 0.4) is 0 Å². The maximum absolute atomic E-state index is 11.1. The van der Waals surface area contributed by atoms with Crippen molar-refractivity contribution in [2.45, 2.75) is 20.8 Å². The standard InChI is InChI=1S/C7H12BNO/c1-4-6(3)7(10)9(8)5-2/h4H,5H2,1-3H3/i4D. The summed E-state index contributed by atoms with van der Waals surface area (Å²) in [7, 11) is 5.32. The first-order valence-corrected chi connectivity index (χ1v) is 3.21. The van der Waals surface area contributed by atoms with E-state index in [0.29, 0.717) is 12.1 Å². The fraction of sp³-hybridized carbons (Fsp3) is 0.571. The van der Waals surface area contributed by atoms with Gasteiger partial charge in [-0.2, -0.15) is 0 Å². The van der Waals surface area contributed by atoms with Gasteiger partial charge in [-0.25, -0.2) is 0 Å². The average molecular weight is 138 g/mol. The summed E-state index contributed by atoms with van der Waals surface area (Å²) in [5, 5.41) is 0. The second kappa shape index (κ2) is 4.15. The van der Waals surface area contributed by atoms with Crippen LogP contribution in [0.1, 0.15) is 22.1 Å². The molecule has 0 aromatic carbocycles. The van der Waals surface area contributed by atoms with Gasteiger partial charge in [-0.05, 0) is 20.8 Å². The van der Waals surface area contributed by atoms with Crippen molar-refractivity contribution >= 4 is 13.9 Å². The van der Waals surface area contributed by atoms with Crippen LogP contribution < -0.4 is 0 Å². The molecule has 0 aliphatic heterocycles. The molecule has 0 unspecified atom stereocenters. The molecule has 0 fully saturated rings. The van der Waals surface area contributed by atoms with Crippen LogP contribution in [-0.4, -0.2) is 25.2 Å². The van der Waals surface area contributed by atoms with Gasteiger partial charge in [0.15, 0.2) is 0 Å². The van der Waals surface area contributed by atoms with Crippen LogP contribution in [0.4, 0.5) is 0 Å². The van der Waals surface area contributed by atoms with E-state index in [1.165, 1.54) is 0 Å². The summed E-state index contributed by atoms with van der Waals surface area (Å²) in [5.41, 5.74) is 0.398. The van der Waals surface area contributed by atoms with Crippen molar-refractivity contribution in [1.82, 2.24) is 4.81 Å². The molecule has 0 atom stereocenters. The van der Waals surface area contributed by atoms with Crippen molar-refractivity contribution in [1.29, 1.82) is 0 Å². The summed E-state index contributed by atoms with van der Waals surface area (Å²) in [4.78, 5) is 12.2. The number of carbonyl (C=O) groups is 1. The molecule has 1 amide bonds. The zero-order valence-corrected chi connectivity index (χ0v) is 6.64. The molecule has 0 bridgehead atoms. The quantitative estimate of drug-likeness (QED) is 0.409. The van der Waals surface area contributed by atoms with E-state index in [1.807, 2.05) is 0 Å². The van der Waals surface area contributed by atoms with Crippen molar-refractivity contribution in [2.24, 2.45) is 0 Å². The van der Waals surface area contributed by atoms with Crippen LogP contribution in [0, 0.1) is 0 Å². The Bertz CT molecular complexity index is 187. The molecule has 2 radical (unpaired) electrons. The second-order valence-electron chi connectivity index (χ2n) is 1.97. The molecule has 0 heterocycles. The lowest BCUT2D eigenvalue weighted by molar-refractivity contribution is -0.122. The Hall–Kier alpha value is -0.725. The Morgan fingerprint density at radius 2 is 2.40 bits per heavy atom. The number of hydrogen-bond acceptors (Lipinski definition) is 1. The smallest absolute Gasteiger partial charge is 0.236 e. The van der Waals surface area contributed by atoms with Crippen LogP contribution in [0.25, 0.3) is 0 Å².